The largest absolute Gasteiger partial charge is 0.493 e. The molecule has 0 aliphatic heterocycles. The topological polar surface area (TPSA) is 55.8 Å². The second kappa shape index (κ2) is 4.72. The summed E-state index contributed by atoms with van der Waals surface area (Å²) < 4.78 is 10.5. The lowest BCUT2D eigenvalue weighted by Crippen LogP contribution is -1.98. The maximum Gasteiger partial charge on any atom is 0.307 e. The number of fused-ring (bicyclic) bond motifs is 1. The zero-order chi connectivity index (χ0) is 13.3. The van der Waals surface area contributed by atoms with Gasteiger partial charge in [-0.25, -0.2) is 0 Å². The van der Waals surface area contributed by atoms with Crippen LogP contribution in [0.1, 0.15) is 24.5 Å². The fourth-order valence-electron chi connectivity index (χ4n) is 2.37. The summed E-state index contributed by atoms with van der Waals surface area (Å²) in [7, 11) is 3.17. The Balaban J connectivity index is 2.48. The van der Waals surface area contributed by atoms with Gasteiger partial charge in [0.25, 0.3) is 0 Å². The van der Waals surface area contributed by atoms with Gasteiger partial charge in [0, 0.05) is 0 Å². The van der Waals surface area contributed by atoms with Crippen LogP contribution < -0.4 is 9.47 Å². The molecule has 2 rings (SSSR count). The zero-order valence-corrected chi connectivity index (χ0v) is 10.7. The van der Waals surface area contributed by atoms with Crippen molar-refractivity contribution < 1.29 is 19.4 Å². The van der Waals surface area contributed by atoms with Crippen molar-refractivity contribution in [2.24, 2.45) is 0 Å². The van der Waals surface area contributed by atoms with Crippen molar-refractivity contribution >= 4 is 11.5 Å². The minimum Gasteiger partial charge on any atom is -0.493 e. The highest BCUT2D eigenvalue weighted by Gasteiger charge is 2.23. The molecule has 0 heterocycles. The molecule has 1 aliphatic carbocycles. The van der Waals surface area contributed by atoms with E-state index in [0.717, 1.165) is 28.7 Å². The molecule has 0 aromatic heterocycles. The number of benzene rings is 1. The molecule has 4 nitrogen and oxygen atoms in total. The fraction of sp³-hybridized carbons (Fsp3) is 0.357. The van der Waals surface area contributed by atoms with Gasteiger partial charge in [-0.2, -0.15) is 0 Å². The predicted molar refractivity (Wildman–Crippen MR) is 68.1 cm³/mol. The van der Waals surface area contributed by atoms with Crippen LogP contribution in [0.4, 0.5) is 0 Å². The van der Waals surface area contributed by atoms with Gasteiger partial charge in [0.1, 0.15) is 0 Å². The molecule has 1 N–H and O–H groups in total. The highest BCUT2D eigenvalue weighted by atomic mass is 16.5. The molecular weight excluding hydrogens is 232 g/mol. The van der Waals surface area contributed by atoms with Crippen molar-refractivity contribution in [2.45, 2.75) is 19.8 Å². The lowest BCUT2D eigenvalue weighted by molar-refractivity contribution is -0.135. The number of hydrogen-bond donors (Lipinski definition) is 1. The van der Waals surface area contributed by atoms with E-state index in [9.17, 15) is 4.79 Å². The first-order valence-corrected chi connectivity index (χ1v) is 5.72. The Hall–Kier alpha value is -1.97. The van der Waals surface area contributed by atoms with Crippen molar-refractivity contribution in [3.63, 3.8) is 0 Å². The van der Waals surface area contributed by atoms with Crippen molar-refractivity contribution in [3.8, 4) is 11.5 Å². The molecule has 0 fully saturated rings. The average Bonchev–Trinajstić information content (AvgIpc) is 2.63. The van der Waals surface area contributed by atoms with Gasteiger partial charge in [-0.1, -0.05) is 5.57 Å². The molecule has 0 atom stereocenters. The molecule has 1 aliphatic rings. The molecule has 0 saturated carbocycles. The van der Waals surface area contributed by atoms with E-state index in [1.165, 1.54) is 0 Å². The summed E-state index contributed by atoms with van der Waals surface area (Å²) in [4.78, 5) is 10.9. The normalized spacial score (nSPS) is 13.5. The van der Waals surface area contributed by atoms with E-state index in [4.69, 9.17) is 14.6 Å². The second-order valence-electron chi connectivity index (χ2n) is 4.37. The Morgan fingerprint density at radius 2 is 1.89 bits per heavy atom. The van der Waals surface area contributed by atoms with Gasteiger partial charge >= 0.3 is 5.97 Å². The van der Waals surface area contributed by atoms with Crippen LogP contribution in [0, 0.1) is 0 Å². The van der Waals surface area contributed by atoms with Crippen molar-refractivity contribution in [1.29, 1.82) is 0 Å². The third kappa shape index (κ3) is 2.06. The van der Waals surface area contributed by atoms with Gasteiger partial charge in [0.15, 0.2) is 11.5 Å². The number of ether oxygens (including phenoxy) is 2. The van der Waals surface area contributed by atoms with Gasteiger partial charge in [0.05, 0.1) is 20.6 Å². The Morgan fingerprint density at radius 1 is 1.28 bits per heavy atom. The van der Waals surface area contributed by atoms with Crippen molar-refractivity contribution in [2.75, 3.05) is 14.2 Å². The van der Waals surface area contributed by atoms with Gasteiger partial charge < -0.3 is 14.6 Å². The van der Waals surface area contributed by atoms with Crippen LogP contribution in [0.25, 0.3) is 5.57 Å². The van der Waals surface area contributed by atoms with E-state index in [1.54, 1.807) is 14.2 Å². The maximum atomic E-state index is 10.9. The standard InChI is InChI=1S/C14H16O4/c1-8-4-9-5-12(17-2)13(18-3)6-11(9)10(8)7-14(15)16/h5-6H,4,7H2,1-3H3,(H,15,16). The third-order valence-corrected chi connectivity index (χ3v) is 3.23. The van der Waals surface area contributed by atoms with Crippen LogP contribution in [-0.2, 0) is 11.2 Å². The molecule has 1 aromatic rings. The number of methoxy groups -OCH3 is 2. The van der Waals surface area contributed by atoms with Gasteiger partial charge in [-0.15, -0.1) is 0 Å². The Kier molecular flexibility index (Phi) is 3.28. The first-order valence-electron chi connectivity index (χ1n) is 5.72. The van der Waals surface area contributed by atoms with Gasteiger partial charge in [-0.3, -0.25) is 4.79 Å². The molecule has 0 amide bonds. The van der Waals surface area contributed by atoms with E-state index in [-0.39, 0.29) is 6.42 Å². The SMILES string of the molecule is COc1cc2c(cc1OC)C(CC(=O)O)=C(C)C2. The molecule has 0 spiro atoms. The zero-order valence-electron chi connectivity index (χ0n) is 10.7. The van der Waals surface area contributed by atoms with Crippen LogP contribution in [0.15, 0.2) is 17.7 Å². The summed E-state index contributed by atoms with van der Waals surface area (Å²) in [6, 6.07) is 3.79. The Bertz CT molecular complexity index is 529. The first-order chi connectivity index (χ1) is 8.56. The van der Waals surface area contributed by atoms with Gasteiger partial charge in [-0.05, 0) is 42.2 Å². The van der Waals surface area contributed by atoms with Crippen LogP contribution in [-0.4, -0.2) is 25.3 Å². The fourth-order valence-corrected chi connectivity index (χ4v) is 2.37. The second-order valence-corrected chi connectivity index (χ2v) is 4.37. The molecule has 96 valence electrons. The molecule has 0 unspecified atom stereocenters. The number of rotatable bonds is 4. The summed E-state index contributed by atoms with van der Waals surface area (Å²) in [5.41, 5.74) is 4.05. The molecular formula is C14H16O4. The third-order valence-electron chi connectivity index (χ3n) is 3.23. The first kappa shape index (κ1) is 12.5. The van der Waals surface area contributed by atoms with E-state index in [0.29, 0.717) is 11.5 Å². The molecule has 18 heavy (non-hydrogen) atoms. The van der Waals surface area contributed by atoms with E-state index in [1.807, 2.05) is 19.1 Å². The number of aliphatic carboxylic acids is 1. The van der Waals surface area contributed by atoms with E-state index in [2.05, 4.69) is 0 Å². The lowest BCUT2D eigenvalue weighted by Gasteiger charge is -2.11. The van der Waals surface area contributed by atoms with E-state index < -0.39 is 5.97 Å². The summed E-state index contributed by atoms with van der Waals surface area (Å²) in [5.74, 6) is 0.501. The summed E-state index contributed by atoms with van der Waals surface area (Å²) in [6.45, 7) is 1.97. The van der Waals surface area contributed by atoms with E-state index >= 15 is 0 Å². The van der Waals surface area contributed by atoms with Crippen LogP contribution in [0.2, 0.25) is 0 Å². The number of hydrogen-bond acceptors (Lipinski definition) is 3. The van der Waals surface area contributed by atoms with Crippen LogP contribution in [0.3, 0.4) is 0 Å². The molecule has 0 bridgehead atoms. The number of carbonyl (C=O) groups is 1. The van der Waals surface area contributed by atoms with Crippen molar-refractivity contribution in [1.82, 2.24) is 0 Å². The molecule has 0 radical (unpaired) electrons. The highest BCUT2D eigenvalue weighted by Crippen LogP contribution is 2.41. The molecule has 1 aromatic carbocycles. The van der Waals surface area contributed by atoms with Gasteiger partial charge in [0.2, 0.25) is 0 Å². The molecule has 4 heteroatoms. The summed E-state index contributed by atoms with van der Waals surface area (Å²) >= 11 is 0. The minimum absolute atomic E-state index is 0.0499. The van der Waals surface area contributed by atoms with Crippen LogP contribution in [0.5, 0.6) is 11.5 Å². The van der Waals surface area contributed by atoms with Crippen LogP contribution >= 0.6 is 0 Å². The highest BCUT2D eigenvalue weighted by molar-refractivity contribution is 5.89. The number of carboxylic acid groups (broad SMARTS) is 1. The predicted octanol–water partition coefficient (Wildman–Crippen LogP) is 2.51. The maximum absolute atomic E-state index is 10.9. The minimum atomic E-state index is -0.813. The Morgan fingerprint density at radius 3 is 2.44 bits per heavy atom. The summed E-state index contributed by atoms with van der Waals surface area (Å²) in [5, 5.41) is 8.95. The lowest BCUT2D eigenvalue weighted by atomic mass is 10.0. The number of allylic oxidation sites excluding steroid dienone is 1. The quantitative estimate of drug-likeness (QED) is 0.889. The summed E-state index contributed by atoms with van der Waals surface area (Å²) in [6.07, 6.45) is 0.826. The monoisotopic (exact) mass is 248 g/mol. The molecule has 0 saturated heterocycles. The van der Waals surface area contributed by atoms with Crippen molar-refractivity contribution in [3.05, 3.63) is 28.8 Å². The smallest absolute Gasteiger partial charge is 0.307 e. The Labute approximate surface area is 106 Å². The number of carboxylic acids is 1. The average molecular weight is 248 g/mol.